The first-order valence-corrected chi connectivity index (χ1v) is 9.53. The van der Waals surface area contributed by atoms with E-state index in [-0.39, 0.29) is 18.9 Å². The molecule has 1 aliphatic heterocycles. The molecule has 6 nitrogen and oxygen atoms in total. The Morgan fingerprint density at radius 1 is 1.15 bits per heavy atom. The molecule has 1 spiro atoms. The number of carboxylic acids is 1. The Hall–Kier alpha value is -1.76. The third kappa shape index (κ3) is 3.82. The summed E-state index contributed by atoms with van der Waals surface area (Å²) in [7, 11) is 0. The van der Waals surface area contributed by atoms with Crippen LogP contribution in [0.4, 0.5) is 4.79 Å². The number of carboxylic acid groups (broad SMARTS) is 1. The molecule has 26 heavy (non-hydrogen) atoms. The minimum atomic E-state index is -1.33. The number of benzene rings is 1. The second-order valence-corrected chi connectivity index (χ2v) is 9.05. The fourth-order valence-corrected chi connectivity index (χ4v) is 3.74. The van der Waals surface area contributed by atoms with Gasteiger partial charge in [0.25, 0.3) is 0 Å². The van der Waals surface area contributed by atoms with Crippen molar-refractivity contribution in [3.05, 3.63) is 28.7 Å². The number of likely N-dealkylation sites (tertiary alicyclic amines) is 1. The van der Waals surface area contributed by atoms with Gasteiger partial charge in [-0.15, -0.1) is 0 Å². The maximum Gasteiger partial charge on any atom is 0.410 e. The van der Waals surface area contributed by atoms with Gasteiger partial charge in [0, 0.05) is 23.9 Å². The zero-order valence-electron chi connectivity index (χ0n) is 15.3. The SMILES string of the molecule is CC(C)(C)OC(=O)N1CCC(Oc2ccc(Br)cc2)(C(=O)O)CC12CC2. The van der Waals surface area contributed by atoms with Crippen molar-refractivity contribution < 1.29 is 24.2 Å². The lowest BCUT2D eigenvalue weighted by Gasteiger charge is -2.44. The molecule has 3 rings (SSSR count). The average molecular weight is 426 g/mol. The molecule has 7 heteroatoms. The summed E-state index contributed by atoms with van der Waals surface area (Å²) in [6.45, 7) is 5.78. The van der Waals surface area contributed by atoms with Gasteiger partial charge in [-0.2, -0.15) is 0 Å². The number of hydrogen-bond acceptors (Lipinski definition) is 4. The largest absolute Gasteiger partial charge is 0.478 e. The first-order valence-electron chi connectivity index (χ1n) is 8.74. The van der Waals surface area contributed by atoms with E-state index >= 15 is 0 Å². The molecule has 2 fully saturated rings. The van der Waals surface area contributed by atoms with Crippen LogP contribution in [0.2, 0.25) is 0 Å². The fraction of sp³-hybridized carbons (Fsp3) is 0.579. The summed E-state index contributed by atoms with van der Waals surface area (Å²) in [6, 6.07) is 7.12. The third-order valence-corrected chi connectivity index (χ3v) is 5.41. The number of rotatable bonds is 3. The summed E-state index contributed by atoms with van der Waals surface area (Å²) in [6.07, 6.45) is 1.65. The van der Waals surface area contributed by atoms with E-state index in [1.807, 2.05) is 32.9 Å². The van der Waals surface area contributed by atoms with E-state index < -0.39 is 22.7 Å². The van der Waals surface area contributed by atoms with Gasteiger partial charge in [0.15, 0.2) is 0 Å². The highest BCUT2D eigenvalue weighted by Gasteiger charge is 2.62. The van der Waals surface area contributed by atoms with Gasteiger partial charge in [0.05, 0.1) is 5.54 Å². The summed E-state index contributed by atoms with van der Waals surface area (Å²) < 4.78 is 12.4. The van der Waals surface area contributed by atoms with Crippen LogP contribution >= 0.6 is 15.9 Å². The lowest BCUT2D eigenvalue weighted by molar-refractivity contribution is -0.162. The van der Waals surface area contributed by atoms with Crippen LogP contribution in [0, 0.1) is 0 Å². The molecule has 0 aromatic heterocycles. The molecule has 1 aromatic carbocycles. The predicted octanol–water partition coefficient (Wildman–Crippen LogP) is 4.21. The molecule has 1 saturated carbocycles. The predicted molar refractivity (Wildman–Crippen MR) is 99.3 cm³/mol. The summed E-state index contributed by atoms with van der Waals surface area (Å²) in [4.78, 5) is 26.4. The topological polar surface area (TPSA) is 76.1 Å². The molecule has 0 radical (unpaired) electrons. The van der Waals surface area contributed by atoms with Crippen LogP contribution < -0.4 is 4.74 Å². The van der Waals surface area contributed by atoms with E-state index in [4.69, 9.17) is 9.47 Å². The standard InChI is InChI=1S/C19H24BrNO5/c1-17(2,3)26-16(24)21-11-10-19(15(22)23,12-18(21)8-9-18)25-14-6-4-13(20)5-7-14/h4-7H,8-12H2,1-3H3,(H,22,23). The number of ether oxygens (including phenoxy) is 2. The molecule has 1 saturated heterocycles. The number of piperidine rings is 1. The lowest BCUT2D eigenvalue weighted by Crippen LogP contribution is -2.60. The Kier molecular flexibility index (Phi) is 4.71. The van der Waals surface area contributed by atoms with Crippen LogP contribution in [0.3, 0.4) is 0 Å². The van der Waals surface area contributed by atoms with Crippen LogP contribution in [0.15, 0.2) is 28.7 Å². The highest BCUT2D eigenvalue weighted by Crippen LogP contribution is 2.52. The number of carbonyl (C=O) groups is 2. The zero-order valence-corrected chi connectivity index (χ0v) is 16.8. The molecule has 1 aliphatic carbocycles. The molecule has 0 bridgehead atoms. The highest BCUT2D eigenvalue weighted by molar-refractivity contribution is 9.10. The lowest BCUT2D eigenvalue weighted by atomic mass is 9.84. The number of nitrogens with zero attached hydrogens (tertiary/aromatic N) is 1. The van der Waals surface area contributed by atoms with Crippen LogP contribution in [-0.2, 0) is 9.53 Å². The van der Waals surface area contributed by atoms with Crippen molar-refractivity contribution in [2.24, 2.45) is 0 Å². The Labute approximate surface area is 161 Å². The molecular formula is C19H24BrNO5. The second-order valence-electron chi connectivity index (χ2n) is 8.14. The van der Waals surface area contributed by atoms with Crippen molar-refractivity contribution in [1.29, 1.82) is 0 Å². The molecule has 1 aromatic rings. The van der Waals surface area contributed by atoms with Gasteiger partial charge in [0.2, 0.25) is 5.60 Å². The van der Waals surface area contributed by atoms with Gasteiger partial charge >= 0.3 is 12.1 Å². The zero-order chi connectivity index (χ0) is 19.2. The van der Waals surface area contributed by atoms with Gasteiger partial charge in [-0.1, -0.05) is 15.9 Å². The van der Waals surface area contributed by atoms with E-state index in [9.17, 15) is 14.7 Å². The summed E-state index contributed by atoms with van der Waals surface area (Å²) in [5, 5.41) is 9.91. The number of amides is 1. The molecule has 1 heterocycles. The molecule has 1 amide bonds. The van der Waals surface area contributed by atoms with Crippen molar-refractivity contribution in [3.63, 3.8) is 0 Å². The van der Waals surface area contributed by atoms with E-state index in [0.29, 0.717) is 12.3 Å². The maximum atomic E-state index is 12.6. The quantitative estimate of drug-likeness (QED) is 0.784. The van der Waals surface area contributed by atoms with Crippen molar-refractivity contribution in [2.45, 2.75) is 63.2 Å². The Morgan fingerprint density at radius 2 is 1.77 bits per heavy atom. The average Bonchev–Trinajstić information content (AvgIpc) is 3.27. The van der Waals surface area contributed by atoms with Crippen LogP contribution in [-0.4, -0.2) is 45.4 Å². The summed E-state index contributed by atoms with van der Waals surface area (Å²) in [5.41, 5.74) is -2.39. The monoisotopic (exact) mass is 425 g/mol. The molecule has 1 unspecified atom stereocenters. The first kappa shape index (κ1) is 19.0. The number of aliphatic carboxylic acids is 1. The number of halogens is 1. The van der Waals surface area contributed by atoms with Gasteiger partial charge < -0.3 is 19.5 Å². The highest BCUT2D eigenvalue weighted by atomic mass is 79.9. The smallest absolute Gasteiger partial charge is 0.410 e. The normalized spacial score (nSPS) is 24.2. The van der Waals surface area contributed by atoms with Crippen molar-refractivity contribution in [3.8, 4) is 5.75 Å². The second kappa shape index (κ2) is 6.44. The Bertz CT molecular complexity index is 708. The van der Waals surface area contributed by atoms with Crippen molar-refractivity contribution >= 4 is 28.0 Å². The Morgan fingerprint density at radius 3 is 2.27 bits per heavy atom. The molecule has 2 aliphatic rings. The summed E-state index contributed by atoms with van der Waals surface area (Å²) >= 11 is 3.36. The summed E-state index contributed by atoms with van der Waals surface area (Å²) in [5.74, 6) is -0.479. The molecule has 1 atom stereocenters. The van der Waals surface area contributed by atoms with E-state index in [1.54, 1.807) is 17.0 Å². The molecule has 142 valence electrons. The molecular weight excluding hydrogens is 402 g/mol. The number of hydrogen-bond donors (Lipinski definition) is 1. The van der Waals surface area contributed by atoms with E-state index in [2.05, 4.69) is 15.9 Å². The maximum absolute atomic E-state index is 12.6. The minimum Gasteiger partial charge on any atom is -0.478 e. The van der Waals surface area contributed by atoms with Gasteiger partial charge in [-0.3, -0.25) is 0 Å². The van der Waals surface area contributed by atoms with Crippen molar-refractivity contribution in [2.75, 3.05) is 6.54 Å². The Balaban J connectivity index is 1.80. The van der Waals surface area contributed by atoms with Crippen LogP contribution in [0.25, 0.3) is 0 Å². The van der Waals surface area contributed by atoms with Gasteiger partial charge in [0.1, 0.15) is 11.4 Å². The van der Waals surface area contributed by atoms with Gasteiger partial charge in [-0.05, 0) is 57.9 Å². The van der Waals surface area contributed by atoms with Crippen LogP contribution in [0.5, 0.6) is 5.75 Å². The number of carbonyl (C=O) groups excluding carboxylic acids is 1. The van der Waals surface area contributed by atoms with Crippen molar-refractivity contribution in [1.82, 2.24) is 4.90 Å². The third-order valence-electron chi connectivity index (χ3n) is 4.88. The van der Waals surface area contributed by atoms with E-state index in [1.165, 1.54) is 0 Å². The fourth-order valence-electron chi connectivity index (χ4n) is 3.48. The van der Waals surface area contributed by atoms with Crippen LogP contribution in [0.1, 0.15) is 46.5 Å². The molecule has 1 N–H and O–H groups in total. The van der Waals surface area contributed by atoms with Gasteiger partial charge in [-0.25, -0.2) is 9.59 Å². The first-order chi connectivity index (χ1) is 12.1. The van der Waals surface area contributed by atoms with E-state index in [0.717, 1.165) is 17.3 Å². The minimum absolute atomic E-state index is 0.222.